The number of aromatic nitrogens is 4. The van der Waals surface area contributed by atoms with Crippen LogP contribution < -0.4 is 0 Å². The summed E-state index contributed by atoms with van der Waals surface area (Å²) in [5.74, 6) is 0.851. The second kappa shape index (κ2) is 9.82. The highest BCUT2D eigenvalue weighted by Gasteiger charge is 2.26. The summed E-state index contributed by atoms with van der Waals surface area (Å²) in [5, 5.41) is 14.0. The summed E-state index contributed by atoms with van der Waals surface area (Å²) in [5.41, 5.74) is 1.94. The van der Waals surface area contributed by atoms with Crippen molar-refractivity contribution in [3.05, 3.63) is 35.7 Å². The number of hydrogen-bond donors (Lipinski definition) is 0. The first-order valence-corrected chi connectivity index (χ1v) is 13.2. The molecule has 0 saturated carbocycles. The largest absolute Gasteiger partial charge is 0.340 e. The zero-order valence-corrected chi connectivity index (χ0v) is 20.8. The smallest absolute Gasteiger partial charge is 0.234 e. The van der Waals surface area contributed by atoms with Gasteiger partial charge in [0.25, 0.3) is 0 Å². The second-order valence-corrected chi connectivity index (χ2v) is 10.6. The van der Waals surface area contributed by atoms with E-state index in [0.717, 1.165) is 54.9 Å². The highest BCUT2D eigenvalue weighted by molar-refractivity contribution is 7.19. The van der Waals surface area contributed by atoms with Crippen LogP contribution in [0.5, 0.6) is 0 Å². The number of carbonyl (C=O) groups is 2. The van der Waals surface area contributed by atoms with Gasteiger partial charge in [0.15, 0.2) is 5.82 Å². The molecule has 8 nitrogen and oxygen atoms in total. The summed E-state index contributed by atoms with van der Waals surface area (Å²) in [6, 6.07) is 8.61. The standard InChI is InChI=1S/C25H32N6O2S/c1-17-8-3-5-12-29(17)22(32)15-19-10-7-11-20(14-19)24-28-31-21(26-27-25(31)34-24)16-23(33)30-13-6-4-9-18(30)2/h7,10-11,14,17-18H,3-6,8-9,12-13,15-16H2,1-2H3. The molecular formula is C25H32N6O2S. The number of benzene rings is 1. The molecule has 34 heavy (non-hydrogen) atoms. The summed E-state index contributed by atoms with van der Waals surface area (Å²) < 4.78 is 1.69. The van der Waals surface area contributed by atoms with Crippen molar-refractivity contribution in [3.8, 4) is 10.6 Å². The number of likely N-dealkylation sites (tertiary alicyclic amines) is 2. The Bertz CT molecular complexity index is 1190. The van der Waals surface area contributed by atoms with Gasteiger partial charge in [-0.25, -0.2) is 0 Å². The summed E-state index contributed by atoms with van der Waals surface area (Å²) in [4.78, 5) is 30.4. The molecule has 4 heterocycles. The van der Waals surface area contributed by atoms with Gasteiger partial charge in [0.05, 0.1) is 12.8 Å². The van der Waals surface area contributed by atoms with Crippen LogP contribution in [0.4, 0.5) is 0 Å². The minimum atomic E-state index is 0.0866. The van der Waals surface area contributed by atoms with Crippen LogP contribution in [0.25, 0.3) is 15.5 Å². The number of carbonyl (C=O) groups excluding carboxylic acids is 2. The minimum Gasteiger partial charge on any atom is -0.340 e. The fourth-order valence-electron chi connectivity index (χ4n) is 5.15. The van der Waals surface area contributed by atoms with Gasteiger partial charge in [-0.1, -0.05) is 29.5 Å². The van der Waals surface area contributed by atoms with E-state index < -0.39 is 0 Å². The summed E-state index contributed by atoms with van der Waals surface area (Å²) >= 11 is 1.45. The third kappa shape index (κ3) is 4.71. The summed E-state index contributed by atoms with van der Waals surface area (Å²) in [7, 11) is 0. The zero-order chi connectivity index (χ0) is 23.7. The molecule has 180 valence electrons. The lowest BCUT2D eigenvalue weighted by Crippen LogP contribution is -2.43. The number of rotatable bonds is 5. The van der Waals surface area contributed by atoms with Crippen molar-refractivity contribution in [3.63, 3.8) is 0 Å². The molecule has 2 aromatic heterocycles. The lowest BCUT2D eigenvalue weighted by atomic mass is 10.0. The summed E-state index contributed by atoms with van der Waals surface area (Å²) in [6.07, 6.45) is 7.26. The van der Waals surface area contributed by atoms with Crippen molar-refractivity contribution in [2.75, 3.05) is 13.1 Å². The number of nitrogens with zero attached hydrogens (tertiary/aromatic N) is 6. The monoisotopic (exact) mass is 480 g/mol. The van der Waals surface area contributed by atoms with Gasteiger partial charge in [-0.3, -0.25) is 9.59 Å². The van der Waals surface area contributed by atoms with Crippen molar-refractivity contribution in [2.45, 2.75) is 77.3 Å². The fraction of sp³-hybridized carbons (Fsp3) is 0.560. The lowest BCUT2D eigenvalue weighted by molar-refractivity contribution is -0.134. The Kier molecular flexibility index (Phi) is 6.63. The van der Waals surface area contributed by atoms with Crippen LogP contribution in [0.15, 0.2) is 24.3 Å². The molecule has 9 heteroatoms. The Morgan fingerprint density at radius 1 is 0.941 bits per heavy atom. The molecule has 0 radical (unpaired) electrons. The van der Waals surface area contributed by atoms with E-state index in [1.54, 1.807) is 4.52 Å². The number of hydrogen-bond acceptors (Lipinski definition) is 6. The van der Waals surface area contributed by atoms with Crippen molar-refractivity contribution in [1.82, 2.24) is 29.6 Å². The molecule has 2 aliphatic rings. The van der Waals surface area contributed by atoms with E-state index in [1.165, 1.54) is 24.2 Å². The van der Waals surface area contributed by atoms with E-state index in [1.807, 2.05) is 34.1 Å². The molecule has 5 rings (SSSR count). The van der Waals surface area contributed by atoms with E-state index in [0.29, 0.717) is 23.2 Å². The van der Waals surface area contributed by atoms with Gasteiger partial charge < -0.3 is 9.80 Å². The topological polar surface area (TPSA) is 83.7 Å². The minimum absolute atomic E-state index is 0.0866. The quantitative estimate of drug-likeness (QED) is 0.556. The molecule has 2 atom stereocenters. The maximum Gasteiger partial charge on any atom is 0.234 e. The Hall–Kier alpha value is -2.81. The van der Waals surface area contributed by atoms with Gasteiger partial charge in [0, 0.05) is 30.7 Å². The molecule has 2 unspecified atom stereocenters. The Morgan fingerprint density at radius 2 is 1.62 bits per heavy atom. The van der Waals surface area contributed by atoms with E-state index >= 15 is 0 Å². The Balaban J connectivity index is 1.31. The van der Waals surface area contributed by atoms with Crippen LogP contribution >= 0.6 is 11.3 Å². The highest BCUT2D eigenvalue weighted by atomic mass is 32.1. The zero-order valence-electron chi connectivity index (χ0n) is 19.9. The van der Waals surface area contributed by atoms with Gasteiger partial charge in [-0.2, -0.15) is 9.61 Å². The molecule has 2 aliphatic heterocycles. The Labute approximate surface area is 204 Å². The van der Waals surface area contributed by atoms with Crippen LogP contribution in [0.1, 0.15) is 63.8 Å². The molecule has 2 fully saturated rings. The third-order valence-corrected chi connectivity index (χ3v) is 8.09. The predicted octanol–water partition coefficient (Wildman–Crippen LogP) is 3.74. The van der Waals surface area contributed by atoms with E-state index in [9.17, 15) is 9.59 Å². The predicted molar refractivity (Wildman–Crippen MR) is 132 cm³/mol. The van der Waals surface area contributed by atoms with E-state index in [-0.39, 0.29) is 24.3 Å². The fourth-order valence-corrected chi connectivity index (χ4v) is 6.00. The first kappa shape index (κ1) is 23.0. The van der Waals surface area contributed by atoms with Crippen LogP contribution in [-0.4, -0.2) is 66.6 Å². The van der Waals surface area contributed by atoms with Gasteiger partial charge in [-0.15, -0.1) is 10.2 Å². The maximum absolute atomic E-state index is 12.9. The SMILES string of the molecule is CC1CCCCN1C(=O)Cc1cccc(-c2nn3c(CC(=O)N4CCCCC4C)nnc3s2)c1. The average molecular weight is 481 g/mol. The van der Waals surface area contributed by atoms with Crippen molar-refractivity contribution < 1.29 is 9.59 Å². The average Bonchev–Trinajstić information content (AvgIpc) is 3.42. The molecule has 0 spiro atoms. The van der Waals surface area contributed by atoms with Gasteiger partial charge >= 0.3 is 0 Å². The second-order valence-electron chi connectivity index (χ2n) is 9.64. The van der Waals surface area contributed by atoms with Crippen molar-refractivity contribution >= 4 is 28.1 Å². The van der Waals surface area contributed by atoms with Crippen LogP contribution in [0, 0.1) is 0 Å². The van der Waals surface area contributed by atoms with Gasteiger partial charge in [0.2, 0.25) is 16.8 Å². The van der Waals surface area contributed by atoms with Gasteiger partial charge in [-0.05, 0) is 64.0 Å². The molecule has 2 amide bonds. The lowest BCUT2D eigenvalue weighted by Gasteiger charge is -2.33. The van der Waals surface area contributed by atoms with Crippen LogP contribution in [0.2, 0.25) is 0 Å². The number of amides is 2. The van der Waals surface area contributed by atoms with Crippen molar-refractivity contribution in [1.29, 1.82) is 0 Å². The van der Waals surface area contributed by atoms with Crippen LogP contribution in [-0.2, 0) is 22.4 Å². The van der Waals surface area contributed by atoms with E-state index in [2.05, 4.69) is 24.0 Å². The molecule has 0 bridgehead atoms. The normalized spacial score (nSPS) is 21.2. The molecule has 0 N–H and O–H groups in total. The number of fused-ring (bicyclic) bond motifs is 1. The summed E-state index contributed by atoms with van der Waals surface area (Å²) in [6.45, 7) is 5.92. The highest BCUT2D eigenvalue weighted by Crippen LogP contribution is 2.27. The first-order valence-electron chi connectivity index (χ1n) is 12.4. The molecule has 1 aromatic carbocycles. The molecule has 0 aliphatic carbocycles. The maximum atomic E-state index is 12.9. The Morgan fingerprint density at radius 3 is 2.29 bits per heavy atom. The number of piperidine rings is 2. The molecule has 2 saturated heterocycles. The first-order chi connectivity index (χ1) is 16.5. The van der Waals surface area contributed by atoms with Gasteiger partial charge in [0.1, 0.15) is 5.01 Å². The van der Waals surface area contributed by atoms with E-state index in [4.69, 9.17) is 5.10 Å². The van der Waals surface area contributed by atoms with Crippen molar-refractivity contribution in [2.24, 2.45) is 0 Å². The molecular weight excluding hydrogens is 448 g/mol. The molecule has 3 aromatic rings. The van der Waals surface area contributed by atoms with Crippen LogP contribution in [0.3, 0.4) is 0 Å². The third-order valence-electron chi connectivity index (χ3n) is 7.14.